The van der Waals surface area contributed by atoms with Gasteiger partial charge < -0.3 is 5.11 Å². The summed E-state index contributed by atoms with van der Waals surface area (Å²) in [6, 6.07) is 0. The van der Waals surface area contributed by atoms with E-state index < -0.39 is 0 Å². The number of aliphatic hydroxyl groups excluding tert-OH is 1. The minimum atomic E-state index is -0.00618. The second-order valence-corrected chi connectivity index (χ2v) is 7.03. The zero-order chi connectivity index (χ0) is 11.6. The zero-order valence-corrected chi connectivity index (χ0v) is 10.3. The van der Waals surface area contributed by atoms with Gasteiger partial charge in [0.05, 0.1) is 0 Å². The fourth-order valence-electron chi connectivity index (χ4n) is 5.07. The molecule has 2 heteroatoms. The first-order chi connectivity index (χ1) is 7.50. The van der Waals surface area contributed by atoms with E-state index in [4.69, 9.17) is 0 Å². The van der Waals surface area contributed by atoms with Crippen LogP contribution in [0.5, 0.6) is 0 Å². The monoisotopic (exact) mass is 222 g/mol. The van der Waals surface area contributed by atoms with Gasteiger partial charge in [-0.15, -0.1) is 0 Å². The van der Waals surface area contributed by atoms with E-state index in [9.17, 15) is 9.90 Å². The molecular formula is C14H22O2. The Morgan fingerprint density at radius 1 is 1.38 bits per heavy atom. The van der Waals surface area contributed by atoms with Crippen LogP contribution in [0.25, 0.3) is 0 Å². The number of hydrogen-bond acceptors (Lipinski definition) is 2. The molecule has 4 atom stereocenters. The molecule has 0 radical (unpaired) electrons. The highest BCUT2D eigenvalue weighted by Crippen LogP contribution is 2.70. The first kappa shape index (κ1) is 10.8. The molecule has 16 heavy (non-hydrogen) atoms. The number of carbonyl (C=O) groups excluding carboxylic acids is 1. The first-order valence-corrected chi connectivity index (χ1v) is 6.64. The SMILES string of the molecule is CC1(C)C[C@H]2[C@@H](C1)[C@]1(CO)CCCC(=O)[C@H]21. The van der Waals surface area contributed by atoms with Gasteiger partial charge >= 0.3 is 0 Å². The van der Waals surface area contributed by atoms with Crippen LogP contribution in [0.4, 0.5) is 0 Å². The van der Waals surface area contributed by atoms with E-state index in [-0.39, 0.29) is 17.9 Å². The first-order valence-electron chi connectivity index (χ1n) is 6.64. The highest BCUT2D eigenvalue weighted by atomic mass is 16.3. The van der Waals surface area contributed by atoms with Crippen LogP contribution < -0.4 is 0 Å². The van der Waals surface area contributed by atoms with Gasteiger partial charge in [-0.3, -0.25) is 4.79 Å². The highest BCUT2D eigenvalue weighted by molar-refractivity contribution is 5.84. The van der Waals surface area contributed by atoms with Crippen LogP contribution in [0.2, 0.25) is 0 Å². The summed E-state index contributed by atoms with van der Waals surface area (Å²) in [4.78, 5) is 12.1. The molecule has 0 saturated heterocycles. The Balaban J connectivity index is 1.93. The lowest BCUT2D eigenvalue weighted by molar-refractivity contribution is -0.176. The van der Waals surface area contributed by atoms with E-state index in [1.54, 1.807) is 0 Å². The highest BCUT2D eigenvalue weighted by Gasteiger charge is 2.68. The van der Waals surface area contributed by atoms with E-state index in [2.05, 4.69) is 13.8 Å². The number of hydrogen-bond donors (Lipinski definition) is 1. The molecule has 0 aromatic rings. The smallest absolute Gasteiger partial charge is 0.136 e. The van der Waals surface area contributed by atoms with Crippen molar-refractivity contribution in [3.05, 3.63) is 0 Å². The Hall–Kier alpha value is -0.370. The average Bonchev–Trinajstić information content (AvgIpc) is 2.49. The van der Waals surface area contributed by atoms with Crippen molar-refractivity contribution in [3.8, 4) is 0 Å². The topological polar surface area (TPSA) is 37.3 Å². The van der Waals surface area contributed by atoms with E-state index in [1.807, 2.05) is 0 Å². The number of ketones is 1. The predicted molar refractivity (Wildman–Crippen MR) is 61.9 cm³/mol. The minimum absolute atomic E-state index is 0.00618. The molecule has 3 rings (SSSR count). The van der Waals surface area contributed by atoms with Gasteiger partial charge in [0.15, 0.2) is 0 Å². The zero-order valence-electron chi connectivity index (χ0n) is 10.3. The quantitative estimate of drug-likeness (QED) is 0.739. The standard InChI is InChI=1S/C14H22O2/c1-13(2)6-9-10(7-13)14(8-15)5-3-4-11(16)12(9)14/h9-10,12,15H,3-8H2,1-2H3/t9-,10+,12-,14+/m0/s1. The van der Waals surface area contributed by atoms with E-state index in [1.165, 1.54) is 12.8 Å². The lowest BCUT2D eigenvalue weighted by atomic mass is 9.43. The molecule has 3 aliphatic carbocycles. The molecule has 0 aromatic heterocycles. The third kappa shape index (κ3) is 1.14. The number of aliphatic hydroxyl groups is 1. The lowest BCUT2D eigenvalue weighted by Crippen LogP contribution is -2.61. The molecule has 3 saturated carbocycles. The van der Waals surface area contributed by atoms with Crippen molar-refractivity contribution in [1.82, 2.24) is 0 Å². The Morgan fingerprint density at radius 3 is 2.81 bits per heavy atom. The maximum Gasteiger partial charge on any atom is 0.136 e. The second-order valence-electron chi connectivity index (χ2n) is 7.03. The molecule has 1 N–H and O–H groups in total. The molecule has 0 aromatic carbocycles. The van der Waals surface area contributed by atoms with Crippen LogP contribution in [0, 0.1) is 28.6 Å². The number of fused-ring (bicyclic) bond motifs is 4. The van der Waals surface area contributed by atoms with Crippen LogP contribution in [-0.4, -0.2) is 17.5 Å². The molecule has 0 heterocycles. The van der Waals surface area contributed by atoms with Gasteiger partial charge in [0.25, 0.3) is 0 Å². The minimum Gasteiger partial charge on any atom is -0.396 e. The maximum atomic E-state index is 12.1. The third-order valence-electron chi connectivity index (χ3n) is 5.57. The van der Waals surface area contributed by atoms with Gasteiger partial charge in [0, 0.05) is 24.4 Å². The van der Waals surface area contributed by atoms with E-state index in [0.29, 0.717) is 23.0 Å². The van der Waals surface area contributed by atoms with E-state index >= 15 is 0 Å². The summed E-state index contributed by atoms with van der Waals surface area (Å²) in [6.45, 7) is 4.86. The molecule has 90 valence electrons. The van der Waals surface area contributed by atoms with Crippen molar-refractivity contribution < 1.29 is 9.90 Å². The van der Waals surface area contributed by atoms with Crippen molar-refractivity contribution in [2.75, 3.05) is 6.61 Å². The predicted octanol–water partition coefficient (Wildman–Crippen LogP) is 2.40. The van der Waals surface area contributed by atoms with Crippen LogP contribution >= 0.6 is 0 Å². The third-order valence-corrected chi connectivity index (χ3v) is 5.57. The maximum absolute atomic E-state index is 12.1. The molecule has 0 bridgehead atoms. The summed E-state index contributed by atoms with van der Waals surface area (Å²) in [5.41, 5.74) is 0.378. The Labute approximate surface area is 97.4 Å². The molecule has 2 nitrogen and oxygen atoms in total. The van der Waals surface area contributed by atoms with Crippen LogP contribution in [-0.2, 0) is 4.79 Å². The number of carbonyl (C=O) groups is 1. The van der Waals surface area contributed by atoms with Gasteiger partial charge in [-0.1, -0.05) is 13.8 Å². The summed E-state index contributed by atoms with van der Waals surface area (Å²) >= 11 is 0. The van der Waals surface area contributed by atoms with Gasteiger partial charge in [0.1, 0.15) is 5.78 Å². The van der Waals surface area contributed by atoms with Gasteiger partial charge in [0.2, 0.25) is 0 Å². The fraction of sp³-hybridized carbons (Fsp3) is 0.929. The Kier molecular flexibility index (Phi) is 2.08. The summed E-state index contributed by atoms with van der Waals surface area (Å²) < 4.78 is 0. The van der Waals surface area contributed by atoms with Crippen molar-refractivity contribution in [2.45, 2.75) is 46.0 Å². The van der Waals surface area contributed by atoms with Crippen molar-refractivity contribution >= 4 is 5.78 Å². The molecular weight excluding hydrogens is 200 g/mol. The molecule has 0 unspecified atom stereocenters. The van der Waals surface area contributed by atoms with Crippen molar-refractivity contribution in [2.24, 2.45) is 28.6 Å². The summed E-state index contributed by atoms with van der Waals surface area (Å²) in [5.74, 6) is 1.87. The second kappa shape index (κ2) is 3.10. The van der Waals surface area contributed by atoms with Crippen LogP contribution in [0.15, 0.2) is 0 Å². The van der Waals surface area contributed by atoms with Crippen molar-refractivity contribution in [1.29, 1.82) is 0 Å². The largest absolute Gasteiger partial charge is 0.396 e. The average molecular weight is 222 g/mol. The van der Waals surface area contributed by atoms with Gasteiger partial charge in [-0.2, -0.15) is 0 Å². The van der Waals surface area contributed by atoms with Gasteiger partial charge in [-0.25, -0.2) is 0 Å². The van der Waals surface area contributed by atoms with Crippen molar-refractivity contribution in [3.63, 3.8) is 0 Å². The number of Topliss-reactive ketones (excluding diaryl/α,β-unsaturated/α-hetero) is 1. The van der Waals surface area contributed by atoms with E-state index in [0.717, 1.165) is 19.3 Å². The molecule has 0 amide bonds. The molecule has 3 aliphatic rings. The molecule has 0 spiro atoms. The molecule has 3 fully saturated rings. The Bertz CT molecular complexity index is 334. The van der Waals surface area contributed by atoms with Crippen LogP contribution in [0.3, 0.4) is 0 Å². The van der Waals surface area contributed by atoms with Gasteiger partial charge in [-0.05, 0) is 42.9 Å². The lowest BCUT2D eigenvalue weighted by Gasteiger charge is -2.60. The Morgan fingerprint density at radius 2 is 2.12 bits per heavy atom. The summed E-state index contributed by atoms with van der Waals surface area (Å²) in [6.07, 6.45) is 5.24. The fourth-order valence-corrected chi connectivity index (χ4v) is 5.07. The molecule has 0 aliphatic heterocycles. The normalized spacial score (nSPS) is 49.4. The van der Waals surface area contributed by atoms with Crippen LogP contribution in [0.1, 0.15) is 46.0 Å². The summed E-state index contributed by atoms with van der Waals surface area (Å²) in [5, 5.41) is 9.75. The number of rotatable bonds is 1. The summed E-state index contributed by atoms with van der Waals surface area (Å²) in [7, 11) is 0.